The van der Waals surface area contributed by atoms with Crippen LogP contribution in [0.2, 0.25) is 0 Å². The average Bonchev–Trinajstić information content (AvgIpc) is 2.27. The van der Waals surface area contributed by atoms with Gasteiger partial charge in [0.2, 0.25) is 0 Å². The minimum atomic E-state index is -0.880. The van der Waals surface area contributed by atoms with Crippen LogP contribution < -0.4 is 0 Å². The van der Waals surface area contributed by atoms with Gasteiger partial charge in [0.1, 0.15) is 5.82 Å². The van der Waals surface area contributed by atoms with Gasteiger partial charge in [-0.1, -0.05) is 6.92 Å². The highest BCUT2D eigenvalue weighted by Crippen LogP contribution is 2.19. The summed E-state index contributed by atoms with van der Waals surface area (Å²) in [6.45, 7) is 4.44. The number of halogens is 1. The fraction of sp³-hybridized carbons (Fsp3) is 0.500. The molecule has 1 unspecified atom stereocenters. The van der Waals surface area contributed by atoms with E-state index in [1.165, 1.54) is 6.07 Å². The maximum atomic E-state index is 13.0. The van der Waals surface area contributed by atoms with Gasteiger partial charge in [-0.2, -0.15) is 0 Å². The number of aliphatic carboxylic acids is 1. The fourth-order valence-corrected chi connectivity index (χ4v) is 1.74. The van der Waals surface area contributed by atoms with Gasteiger partial charge in [0.25, 0.3) is 0 Å². The first-order chi connectivity index (χ1) is 8.04. The van der Waals surface area contributed by atoms with Crippen molar-refractivity contribution >= 4 is 5.97 Å². The number of carbonyl (C=O) groups is 1. The first-order valence-electron chi connectivity index (χ1n) is 5.61. The molecule has 0 aliphatic carbocycles. The van der Waals surface area contributed by atoms with Gasteiger partial charge in [-0.05, 0) is 31.5 Å². The Bertz CT molecular complexity index is 385. The zero-order valence-corrected chi connectivity index (χ0v) is 10.1. The van der Waals surface area contributed by atoms with E-state index in [2.05, 4.69) is 4.98 Å². The first-order valence-corrected chi connectivity index (χ1v) is 5.61. The van der Waals surface area contributed by atoms with E-state index in [0.717, 1.165) is 12.6 Å². The molecule has 94 valence electrons. The summed E-state index contributed by atoms with van der Waals surface area (Å²) in [5.74, 6) is -1.28. The van der Waals surface area contributed by atoms with Crippen LogP contribution in [-0.4, -0.2) is 34.0 Å². The number of pyridine rings is 1. The molecule has 0 saturated heterocycles. The van der Waals surface area contributed by atoms with Crippen LogP contribution in [0.1, 0.15) is 31.9 Å². The monoisotopic (exact) mass is 240 g/mol. The van der Waals surface area contributed by atoms with Crippen molar-refractivity contribution in [1.29, 1.82) is 0 Å². The molecule has 1 heterocycles. The fourth-order valence-electron chi connectivity index (χ4n) is 1.74. The maximum absolute atomic E-state index is 13.0. The highest BCUT2D eigenvalue weighted by atomic mass is 19.1. The second kappa shape index (κ2) is 6.30. The van der Waals surface area contributed by atoms with E-state index in [1.54, 1.807) is 11.1 Å². The molecule has 1 aromatic rings. The largest absolute Gasteiger partial charge is 0.480 e. The van der Waals surface area contributed by atoms with Gasteiger partial charge in [0.15, 0.2) is 0 Å². The molecule has 0 aliphatic heterocycles. The van der Waals surface area contributed by atoms with Crippen LogP contribution in [0.4, 0.5) is 4.39 Å². The summed E-state index contributed by atoms with van der Waals surface area (Å²) < 4.78 is 13.0. The SMILES string of the molecule is CCCN(CC(=O)O)C(C)c1cncc(F)c1. The molecule has 0 bridgehead atoms. The summed E-state index contributed by atoms with van der Waals surface area (Å²) in [6, 6.07) is 1.23. The zero-order valence-electron chi connectivity index (χ0n) is 10.1. The van der Waals surface area contributed by atoms with E-state index in [4.69, 9.17) is 5.11 Å². The zero-order chi connectivity index (χ0) is 12.8. The Morgan fingerprint density at radius 2 is 2.29 bits per heavy atom. The molecular formula is C12H17FN2O2. The number of carboxylic acid groups (broad SMARTS) is 1. The molecule has 4 nitrogen and oxygen atoms in total. The Morgan fingerprint density at radius 1 is 1.59 bits per heavy atom. The van der Waals surface area contributed by atoms with Crippen LogP contribution >= 0.6 is 0 Å². The third-order valence-electron chi connectivity index (χ3n) is 2.61. The Morgan fingerprint density at radius 3 is 2.82 bits per heavy atom. The van der Waals surface area contributed by atoms with Gasteiger partial charge in [-0.25, -0.2) is 4.39 Å². The Hall–Kier alpha value is -1.49. The van der Waals surface area contributed by atoms with Crippen LogP contribution in [0.3, 0.4) is 0 Å². The van der Waals surface area contributed by atoms with E-state index < -0.39 is 11.8 Å². The highest BCUT2D eigenvalue weighted by Gasteiger charge is 2.18. The molecule has 0 aliphatic rings. The van der Waals surface area contributed by atoms with Crippen molar-refractivity contribution in [3.63, 3.8) is 0 Å². The average molecular weight is 240 g/mol. The van der Waals surface area contributed by atoms with Crippen molar-refractivity contribution in [3.05, 3.63) is 29.8 Å². The normalized spacial score (nSPS) is 12.7. The molecule has 5 heteroatoms. The highest BCUT2D eigenvalue weighted by molar-refractivity contribution is 5.69. The minimum Gasteiger partial charge on any atom is -0.480 e. The molecule has 1 N–H and O–H groups in total. The van der Waals surface area contributed by atoms with E-state index >= 15 is 0 Å². The third kappa shape index (κ3) is 4.11. The van der Waals surface area contributed by atoms with Crippen LogP contribution in [0.25, 0.3) is 0 Å². The van der Waals surface area contributed by atoms with Gasteiger partial charge < -0.3 is 5.11 Å². The van der Waals surface area contributed by atoms with Crippen LogP contribution in [0.5, 0.6) is 0 Å². The molecule has 0 aromatic carbocycles. The lowest BCUT2D eigenvalue weighted by Gasteiger charge is -2.27. The van der Waals surface area contributed by atoms with Gasteiger partial charge in [-0.3, -0.25) is 14.7 Å². The molecule has 1 rings (SSSR count). The van der Waals surface area contributed by atoms with Gasteiger partial charge >= 0.3 is 5.97 Å². The van der Waals surface area contributed by atoms with E-state index in [1.807, 2.05) is 13.8 Å². The molecule has 0 amide bonds. The topological polar surface area (TPSA) is 53.4 Å². The second-order valence-corrected chi connectivity index (χ2v) is 3.98. The standard InChI is InChI=1S/C12H17FN2O2/c1-3-4-15(8-12(16)17)9(2)10-5-11(13)7-14-6-10/h5-7,9H,3-4,8H2,1-2H3,(H,16,17). The van der Waals surface area contributed by atoms with Gasteiger partial charge in [0.05, 0.1) is 12.7 Å². The number of hydrogen-bond acceptors (Lipinski definition) is 3. The smallest absolute Gasteiger partial charge is 0.317 e. The van der Waals surface area contributed by atoms with Crippen molar-refractivity contribution in [1.82, 2.24) is 9.88 Å². The summed E-state index contributed by atoms with van der Waals surface area (Å²) in [5.41, 5.74) is 0.694. The van der Waals surface area contributed by atoms with Crippen molar-refractivity contribution in [2.75, 3.05) is 13.1 Å². The lowest BCUT2D eigenvalue weighted by atomic mass is 10.1. The number of carboxylic acids is 1. The molecule has 17 heavy (non-hydrogen) atoms. The summed E-state index contributed by atoms with van der Waals surface area (Å²) in [4.78, 5) is 16.3. The molecule has 0 saturated carbocycles. The number of hydrogen-bond donors (Lipinski definition) is 1. The molecule has 0 fully saturated rings. The van der Waals surface area contributed by atoms with Crippen molar-refractivity contribution < 1.29 is 14.3 Å². The van der Waals surface area contributed by atoms with Crippen molar-refractivity contribution in [3.8, 4) is 0 Å². The summed E-state index contributed by atoms with van der Waals surface area (Å²) in [7, 11) is 0. The van der Waals surface area contributed by atoms with Crippen LogP contribution in [-0.2, 0) is 4.79 Å². The Balaban J connectivity index is 2.82. The molecular weight excluding hydrogens is 223 g/mol. The Labute approximate surface area is 100 Å². The maximum Gasteiger partial charge on any atom is 0.317 e. The van der Waals surface area contributed by atoms with Crippen LogP contribution in [0, 0.1) is 5.82 Å². The van der Waals surface area contributed by atoms with E-state index in [9.17, 15) is 9.18 Å². The van der Waals surface area contributed by atoms with Crippen molar-refractivity contribution in [2.45, 2.75) is 26.3 Å². The van der Waals surface area contributed by atoms with E-state index in [0.29, 0.717) is 12.1 Å². The van der Waals surface area contributed by atoms with Crippen molar-refractivity contribution in [2.24, 2.45) is 0 Å². The number of rotatable bonds is 6. The predicted molar refractivity (Wildman–Crippen MR) is 62.1 cm³/mol. The lowest BCUT2D eigenvalue weighted by Crippen LogP contribution is -2.33. The first kappa shape index (κ1) is 13.6. The quantitative estimate of drug-likeness (QED) is 0.827. The van der Waals surface area contributed by atoms with E-state index in [-0.39, 0.29) is 12.6 Å². The summed E-state index contributed by atoms with van der Waals surface area (Å²) >= 11 is 0. The van der Waals surface area contributed by atoms with Gasteiger partial charge in [0, 0.05) is 12.2 Å². The van der Waals surface area contributed by atoms with Crippen LogP contribution in [0.15, 0.2) is 18.5 Å². The second-order valence-electron chi connectivity index (χ2n) is 3.98. The summed E-state index contributed by atoms with van der Waals surface area (Å²) in [5, 5.41) is 8.83. The lowest BCUT2D eigenvalue weighted by molar-refractivity contribution is -0.138. The molecule has 0 spiro atoms. The molecule has 0 radical (unpaired) electrons. The minimum absolute atomic E-state index is 0.0501. The third-order valence-corrected chi connectivity index (χ3v) is 2.61. The Kier molecular flexibility index (Phi) is 5.03. The number of nitrogens with zero attached hydrogens (tertiary/aromatic N) is 2. The number of aromatic nitrogens is 1. The predicted octanol–water partition coefficient (Wildman–Crippen LogP) is 2.08. The summed E-state index contributed by atoms with van der Waals surface area (Å²) in [6.07, 6.45) is 3.55. The van der Waals surface area contributed by atoms with Gasteiger partial charge in [-0.15, -0.1) is 0 Å². The molecule has 1 aromatic heterocycles. The molecule has 1 atom stereocenters.